The lowest BCUT2D eigenvalue weighted by molar-refractivity contribution is 0.0885. The summed E-state index contributed by atoms with van der Waals surface area (Å²) < 4.78 is 5.07. The summed E-state index contributed by atoms with van der Waals surface area (Å²) in [5.41, 5.74) is 0. The van der Waals surface area contributed by atoms with Gasteiger partial charge in [0.25, 0.3) is 0 Å². The molecule has 0 bridgehead atoms. The van der Waals surface area contributed by atoms with E-state index in [4.69, 9.17) is 11.3 Å². The molecule has 2 nitrogen and oxygen atoms in total. The lowest BCUT2D eigenvalue weighted by atomic mass is 10.5. The molecule has 0 aromatic rings. The molecular weight excluding hydrogens is 102 g/mol. The Labute approximate surface area is 50.3 Å². The second-order valence-corrected chi connectivity index (χ2v) is 1.80. The first-order valence-electron chi connectivity index (χ1n) is 2.72. The van der Waals surface area contributed by atoms with Gasteiger partial charge in [-0.1, -0.05) is 0 Å². The van der Waals surface area contributed by atoms with E-state index in [2.05, 4.69) is 4.85 Å². The molecule has 0 heterocycles. The van der Waals surface area contributed by atoms with Gasteiger partial charge in [-0.15, -0.1) is 0 Å². The van der Waals surface area contributed by atoms with Crippen LogP contribution >= 0.6 is 0 Å². The fourth-order valence-corrected chi connectivity index (χ4v) is 0.334. The van der Waals surface area contributed by atoms with Gasteiger partial charge in [-0.3, -0.25) is 0 Å². The van der Waals surface area contributed by atoms with Gasteiger partial charge in [-0.05, 0) is 13.8 Å². The van der Waals surface area contributed by atoms with E-state index in [0.717, 1.165) is 0 Å². The molecule has 8 heavy (non-hydrogen) atoms. The summed E-state index contributed by atoms with van der Waals surface area (Å²) in [6, 6.07) is 0. The second-order valence-electron chi connectivity index (χ2n) is 1.80. The van der Waals surface area contributed by atoms with Crippen LogP contribution in [0.1, 0.15) is 13.8 Å². The maximum absolute atomic E-state index is 6.39. The van der Waals surface area contributed by atoms with Gasteiger partial charge in [0.05, 0.1) is 6.10 Å². The number of hydrogen-bond donors (Lipinski definition) is 0. The van der Waals surface area contributed by atoms with Crippen molar-refractivity contribution in [3.8, 4) is 0 Å². The van der Waals surface area contributed by atoms with Crippen molar-refractivity contribution in [3.63, 3.8) is 0 Å². The average molecular weight is 113 g/mol. The minimum Gasteiger partial charge on any atom is -0.371 e. The van der Waals surface area contributed by atoms with Crippen LogP contribution in [0.5, 0.6) is 0 Å². The molecule has 0 aliphatic carbocycles. The van der Waals surface area contributed by atoms with Gasteiger partial charge in [-0.2, -0.15) is 0 Å². The summed E-state index contributed by atoms with van der Waals surface area (Å²) in [6.07, 6.45) is 0.261. The topological polar surface area (TPSA) is 13.6 Å². The molecule has 0 aromatic heterocycles. The fraction of sp³-hybridized carbons (Fsp3) is 0.833. The maximum atomic E-state index is 6.39. The number of rotatable bonds is 3. The van der Waals surface area contributed by atoms with Gasteiger partial charge < -0.3 is 9.58 Å². The summed E-state index contributed by atoms with van der Waals surface area (Å²) in [7, 11) is 0. The highest BCUT2D eigenvalue weighted by Crippen LogP contribution is 1.85. The molecule has 0 rings (SSSR count). The summed E-state index contributed by atoms with van der Waals surface area (Å²) in [5.74, 6) is 0. The molecule has 2 heteroatoms. The Kier molecular flexibility index (Phi) is 4.29. The molecule has 0 N–H and O–H groups in total. The summed E-state index contributed by atoms with van der Waals surface area (Å²) in [6.45, 7) is 11.4. The highest BCUT2D eigenvalue weighted by molar-refractivity contribution is 4.56. The molecule has 0 amide bonds. The van der Waals surface area contributed by atoms with E-state index in [-0.39, 0.29) is 6.10 Å². The van der Waals surface area contributed by atoms with E-state index < -0.39 is 0 Å². The van der Waals surface area contributed by atoms with Crippen molar-refractivity contribution in [1.82, 2.24) is 0 Å². The lowest BCUT2D eigenvalue weighted by Gasteiger charge is -2.00. The van der Waals surface area contributed by atoms with Crippen LogP contribution in [0.4, 0.5) is 0 Å². The highest BCUT2D eigenvalue weighted by Gasteiger charge is 1.91. The van der Waals surface area contributed by atoms with Gasteiger partial charge in [-0.25, -0.2) is 6.57 Å². The molecule has 0 spiro atoms. The smallest absolute Gasteiger partial charge is 0.237 e. The van der Waals surface area contributed by atoms with Crippen LogP contribution in [0.25, 0.3) is 4.85 Å². The van der Waals surface area contributed by atoms with Crippen molar-refractivity contribution in [1.29, 1.82) is 0 Å². The van der Waals surface area contributed by atoms with Crippen LogP contribution in [0.3, 0.4) is 0 Å². The molecule has 0 radical (unpaired) electrons. The molecule has 0 aliphatic rings. The molecule has 0 fully saturated rings. The third-order valence-electron chi connectivity index (χ3n) is 0.654. The SMILES string of the molecule is [C-]#[N+]CCOC(C)C. The Hall–Kier alpha value is -0.550. The molecule has 46 valence electrons. The monoisotopic (exact) mass is 113 g/mol. The van der Waals surface area contributed by atoms with E-state index in [1.54, 1.807) is 0 Å². The zero-order valence-electron chi connectivity index (χ0n) is 5.35. The van der Waals surface area contributed by atoms with E-state index in [1.807, 2.05) is 13.8 Å². The van der Waals surface area contributed by atoms with Crippen LogP contribution in [0, 0.1) is 6.57 Å². The average Bonchev–Trinajstić information content (AvgIpc) is 1.66. The van der Waals surface area contributed by atoms with Gasteiger partial charge in [0, 0.05) is 0 Å². The van der Waals surface area contributed by atoms with Crippen molar-refractivity contribution >= 4 is 0 Å². The Balaban J connectivity index is 2.85. The van der Waals surface area contributed by atoms with Crippen LogP contribution in [-0.4, -0.2) is 19.3 Å². The molecule has 0 saturated carbocycles. The van der Waals surface area contributed by atoms with E-state index >= 15 is 0 Å². The normalized spacial score (nSPS) is 9.25. The van der Waals surface area contributed by atoms with Crippen molar-refractivity contribution < 1.29 is 4.74 Å². The van der Waals surface area contributed by atoms with Gasteiger partial charge >= 0.3 is 0 Å². The van der Waals surface area contributed by atoms with Crippen molar-refractivity contribution in [2.45, 2.75) is 20.0 Å². The van der Waals surface area contributed by atoms with Crippen molar-refractivity contribution in [3.05, 3.63) is 11.4 Å². The van der Waals surface area contributed by atoms with E-state index in [1.165, 1.54) is 0 Å². The standard InChI is InChI=1S/C6H11NO/c1-6(2)8-5-4-7-3/h6H,4-5H2,1-2H3. The largest absolute Gasteiger partial charge is 0.371 e. The van der Waals surface area contributed by atoms with Gasteiger partial charge in [0.2, 0.25) is 6.54 Å². The summed E-state index contributed by atoms with van der Waals surface area (Å²) in [4.78, 5) is 3.13. The van der Waals surface area contributed by atoms with Crippen LogP contribution in [0.15, 0.2) is 0 Å². The van der Waals surface area contributed by atoms with Gasteiger partial charge in [0.15, 0.2) is 0 Å². The van der Waals surface area contributed by atoms with Crippen molar-refractivity contribution in [2.24, 2.45) is 0 Å². The molecule has 0 atom stereocenters. The zero-order chi connectivity index (χ0) is 6.41. The van der Waals surface area contributed by atoms with E-state index in [9.17, 15) is 0 Å². The summed E-state index contributed by atoms with van der Waals surface area (Å²) >= 11 is 0. The molecule has 0 saturated heterocycles. The van der Waals surface area contributed by atoms with Crippen LogP contribution < -0.4 is 0 Å². The molecule has 0 unspecified atom stereocenters. The predicted octanol–water partition coefficient (Wildman–Crippen LogP) is 1.33. The number of ether oxygens (including phenoxy) is 1. The number of hydrogen-bond acceptors (Lipinski definition) is 1. The lowest BCUT2D eigenvalue weighted by Crippen LogP contribution is -2.04. The van der Waals surface area contributed by atoms with Crippen LogP contribution in [0.2, 0.25) is 0 Å². The highest BCUT2D eigenvalue weighted by atomic mass is 16.5. The Morgan fingerprint density at radius 1 is 1.62 bits per heavy atom. The first kappa shape index (κ1) is 7.45. The Morgan fingerprint density at radius 2 is 2.25 bits per heavy atom. The van der Waals surface area contributed by atoms with E-state index in [0.29, 0.717) is 13.2 Å². The second kappa shape index (κ2) is 4.61. The molecular formula is C6H11NO. The Morgan fingerprint density at radius 3 is 2.62 bits per heavy atom. The van der Waals surface area contributed by atoms with Gasteiger partial charge in [0.1, 0.15) is 6.61 Å². The summed E-state index contributed by atoms with van der Waals surface area (Å²) in [5, 5.41) is 0. The fourth-order valence-electron chi connectivity index (χ4n) is 0.334. The number of nitrogens with zero attached hydrogens (tertiary/aromatic N) is 1. The zero-order valence-corrected chi connectivity index (χ0v) is 5.35. The maximum Gasteiger partial charge on any atom is 0.237 e. The third-order valence-corrected chi connectivity index (χ3v) is 0.654. The molecule has 0 aliphatic heterocycles. The Bertz CT molecular complexity index is 83.0. The minimum absolute atomic E-state index is 0.261. The van der Waals surface area contributed by atoms with Crippen molar-refractivity contribution in [2.75, 3.05) is 13.2 Å². The first-order valence-corrected chi connectivity index (χ1v) is 2.72. The predicted molar refractivity (Wildman–Crippen MR) is 32.6 cm³/mol. The third kappa shape index (κ3) is 5.45. The quantitative estimate of drug-likeness (QED) is 0.397. The molecule has 0 aromatic carbocycles. The minimum atomic E-state index is 0.261. The first-order chi connectivity index (χ1) is 3.77. The van der Waals surface area contributed by atoms with Crippen LogP contribution in [-0.2, 0) is 4.74 Å².